The highest BCUT2D eigenvalue weighted by Gasteiger charge is 2.20. The lowest BCUT2D eigenvalue weighted by Gasteiger charge is -2.29. The molecule has 0 atom stereocenters. The van der Waals surface area contributed by atoms with E-state index in [2.05, 4.69) is 48.0 Å². The van der Waals surface area contributed by atoms with Crippen LogP contribution >= 0.6 is 11.6 Å². The molecular weight excluding hydrogens is 272 g/mol. The first-order chi connectivity index (χ1) is 9.34. The van der Waals surface area contributed by atoms with Gasteiger partial charge in [-0.05, 0) is 38.9 Å². The number of rotatable bonds is 3. The first kappa shape index (κ1) is 15.5. The van der Waals surface area contributed by atoms with Crippen molar-refractivity contribution in [3.05, 3.63) is 17.0 Å². The zero-order valence-electron chi connectivity index (χ0n) is 12.9. The van der Waals surface area contributed by atoms with Crippen LogP contribution in [-0.4, -0.2) is 41.5 Å². The highest BCUT2D eigenvalue weighted by atomic mass is 35.5. The Kier molecular flexibility index (Phi) is 4.86. The topological polar surface area (TPSA) is 41.0 Å². The van der Waals surface area contributed by atoms with Crippen molar-refractivity contribution >= 4 is 17.4 Å². The van der Waals surface area contributed by atoms with Gasteiger partial charge in [0.2, 0.25) is 0 Å². The zero-order chi connectivity index (χ0) is 14.8. The summed E-state index contributed by atoms with van der Waals surface area (Å²) in [5.74, 6) is 2.35. The maximum Gasteiger partial charge on any atom is 0.137 e. The molecule has 0 radical (unpaired) electrons. The molecule has 0 aromatic carbocycles. The van der Waals surface area contributed by atoms with E-state index in [1.54, 1.807) is 0 Å². The van der Waals surface area contributed by atoms with Gasteiger partial charge in [0.25, 0.3) is 0 Å². The van der Waals surface area contributed by atoms with E-state index in [4.69, 9.17) is 11.6 Å². The number of hydrogen-bond donors (Lipinski definition) is 1. The molecule has 112 valence electrons. The number of anilines is 1. The van der Waals surface area contributed by atoms with Crippen LogP contribution in [0.3, 0.4) is 0 Å². The molecule has 20 heavy (non-hydrogen) atoms. The standard InChI is InChI=1S/C15H25ClN4/c1-15(2,3)14-18-12(16)9-13(19-14)17-10-11-5-7-20(4)8-6-11/h9,11H,5-8,10H2,1-4H3,(H,17,18,19). The molecule has 1 saturated heterocycles. The van der Waals surface area contributed by atoms with Gasteiger partial charge >= 0.3 is 0 Å². The van der Waals surface area contributed by atoms with E-state index in [0.717, 1.165) is 24.1 Å². The highest BCUT2D eigenvalue weighted by Crippen LogP contribution is 2.23. The van der Waals surface area contributed by atoms with Crippen molar-refractivity contribution < 1.29 is 0 Å². The molecule has 0 aliphatic carbocycles. The number of nitrogens with zero attached hydrogens (tertiary/aromatic N) is 3. The van der Waals surface area contributed by atoms with Crippen molar-refractivity contribution in [1.29, 1.82) is 0 Å². The van der Waals surface area contributed by atoms with Crippen LogP contribution in [0.4, 0.5) is 5.82 Å². The van der Waals surface area contributed by atoms with Crippen molar-refractivity contribution in [2.24, 2.45) is 5.92 Å². The van der Waals surface area contributed by atoms with E-state index in [0.29, 0.717) is 5.15 Å². The molecule has 0 spiro atoms. The summed E-state index contributed by atoms with van der Waals surface area (Å²) in [5, 5.41) is 3.94. The van der Waals surface area contributed by atoms with E-state index in [-0.39, 0.29) is 5.41 Å². The third-order valence-corrected chi connectivity index (χ3v) is 3.97. The summed E-state index contributed by atoms with van der Waals surface area (Å²) in [6, 6.07) is 1.81. The largest absolute Gasteiger partial charge is 0.370 e. The van der Waals surface area contributed by atoms with Crippen molar-refractivity contribution in [1.82, 2.24) is 14.9 Å². The molecule has 1 aliphatic heterocycles. The lowest BCUT2D eigenvalue weighted by molar-refractivity contribution is 0.226. The van der Waals surface area contributed by atoms with Crippen LogP contribution in [0.2, 0.25) is 5.15 Å². The number of halogens is 1. The Labute approximate surface area is 126 Å². The van der Waals surface area contributed by atoms with Crippen LogP contribution in [0.1, 0.15) is 39.4 Å². The molecule has 5 heteroatoms. The Morgan fingerprint density at radius 3 is 2.55 bits per heavy atom. The molecule has 2 rings (SSSR count). The molecule has 1 aromatic rings. The van der Waals surface area contributed by atoms with Gasteiger partial charge in [0.1, 0.15) is 16.8 Å². The molecular formula is C15H25ClN4. The molecule has 0 saturated carbocycles. The van der Waals surface area contributed by atoms with E-state index in [9.17, 15) is 0 Å². The second kappa shape index (κ2) is 6.27. The smallest absolute Gasteiger partial charge is 0.137 e. The SMILES string of the molecule is CN1CCC(CNc2cc(Cl)nc(C(C)(C)C)n2)CC1. The summed E-state index contributed by atoms with van der Waals surface area (Å²) in [7, 11) is 2.18. The number of aromatic nitrogens is 2. The molecule has 0 bridgehead atoms. The summed E-state index contributed by atoms with van der Waals surface area (Å²) in [6.45, 7) is 9.62. The third-order valence-electron chi connectivity index (χ3n) is 3.78. The van der Waals surface area contributed by atoms with Gasteiger partial charge in [0.05, 0.1) is 0 Å². The number of nitrogens with one attached hydrogen (secondary N) is 1. The van der Waals surface area contributed by atoms with Gasteiger partial charge < -0.3 is 10.2 Å². The molecule has 1 aromatic heterocycles. The average Bonchev–Trinajstić information content (AvgIpc) is 2.36. The molecule has 2 heterocycles. The van der Waals surface area contributed by atoms with Crippen LogP contribution in [0.25, 0.3) is 0 Å². The maximum atomic E-state index is 6.10. The second-order valence-electron chi connectivity index (χ2n) is 6.78. The fourth-order valence-electron chi connectivity index (χ4n) is 2.36. The van der Waals surface area contributed by atoms with Crippen LogP contribution in [0, 0.1) is 5.92 Å². The fourth-order valence-corrected chi connectivity index (χ4v) is 2.54. The summed E-state index contributed by atoms with van der Waals surface area (Å²) in [4.78, 5) is 11.3. The molecule has 0 unspecified atom stereocenters. The van der Waals surface area contributed by atoms with Crippen LogP contribution in [0.5, 0.6) is 0 Å². The molecule has 0 amide bonds. The second-order valence-corrected chi connectivity index (χ2v) is 7.16. The Balaban J connectivity index is 1.97. The normalized spacial score (nSPS) is 18.2. The minimum Gasteiger partial charge on any atom is -0.370 e. The fraction of sp³-hybridized carbons (Fsp3) is 0.733. The summed E-state index contributed by atoms with van der Waals surface area (Å²) in [6.07, 6.45) is 2.49. The monoisotopic (exact) mass is 296 g/mol. The predicted molar refractivity (Wildman–Crippen MR) is 84.5 cm³/mol. The highest BCUT2D eigenvalue weighted by molar-refractivity contribution is 6.29. The van der Waals surface area contributed by atoms with Crippen molar-refractivity contribution in [3.8, 4) is 0 Å². The average molecular weight is 297 g/mol. The zero-order valence-corrected chi connectivity index (χ0v) is 13.7. The summed E-state index contributed by atoms with van der Waals surface area (Å²) >= 11 is 6.10. The van der Waals surface area contributed by atoms with E-state index >= 15 is 0 Å². The lowest BCUT2D eigenvalue weighted by atomic mass is 9.96. The maximum absolute atomic E-state index is 6.10. The molecule has 4 nitrogen and oxygen atoms in total. The molecule has 1 aliphatic rings. The minimum atomic E-state index is -0.0884. The quantitative estimate of drug-likeness (QED) is 0.870. The van der Waals surface area contributed by atoms with Gasteiger partial charge in [0, 0.05) is 18.0 Å². The predicted octanol–water partition coefficient (Wildman–Crippen LogP) is 3.18. The number of piperidine rings is 1. The van der Waals surface area contributed by atoms with E-state index < -0.39 is 0 Å². The molecule has 1 fully saturated rings. The van der Waals surface area contributed by atoms with Gasteiger partial charge in [-0.1, -0.05) is 32.4 Å². The van der Waals surface area contributed by atoms with Gasteiger partial charge in [-0.2, -0.15) is 0 Å². The van der Waals surface area contributed by atoms with Crippen LogP contribution in [0.15, 0.2) is 6.07 Å². The van der Waals surface area contributed by atoms with Crippen molar-refractivity contribution in [2.45, 2.75) is 39.0 Å². The Bertz CT molecular complexity index is 448. The van der Waals surface area contributed by atoms with E-state index in [1.807, 2.05) is 6.07 Å². The van der Waals surface area contributed by atoms with Crippen molar-refractivity contribution in [2.75, 3.05) is 32.0 Å². The van der Waals surface area contributed by atoms with Gasteiger partial charge in [0.15, 0.2) is 0 Å². The first-order valence-electron chi connectivity index (χ1n) is 7.32. The molecule has 1 N–H and O–H groups in total. The van der Waals surface area contributed by atoms with Gasteiger partial charge in [-0.25, -0.2) is 9.97 Å². The first-order valence-corrected chi connectivity index (χ1v) is 7.70. The van der Waals surface area contributed by atoms with Crippen LogP contribution in [-0.2, 0) is 5.41 Å². The van der Waals surface area contributed by atoms with Crippen LogP contribution < -0.4 is 5.32 Å². The number of likely N-dealkylation sites (tertiary alicyclic amines) is 1. The summed E-state index contributed by atoms with van der Waals surface area (Å²) < 4.78 is 0. The number of hydrogen-bond acceptors (Lipinski definition) is 4. The third kappa shape index (κ3) is 4.32. The lowest BCUT2D eigenvalue weighted by Crippen LogP contribution is -2.33. The van der Waals surface area contributed by atoms with E-state index in [1.165, 1.54) is 25.9 Å². The summed E-state index contributed by atoms with van der Waals surface area (Å²) in [5.41, 5.74) is -0.0884. The Morgan fingerprint density at radius 2 is 1.95 bits per heavy atom. The van der Waals surface area contributed by atoms with Gasteiger partial charge in [-0.3, -0.25) is 0 Å². The van der Waals surface area contributed by atoms with Crippen molar-refractivity contribution in [3.63, 3.8) is 0 Å². The minimum absolute atomic E-state index is 0.0884. The Morgan fingerprint density at radius 1 is 1.30 bits per heavy atom. The van der Waals surface area contributed by atoms with Gasteiger partial charge in [-0.15, -0.1) is 0 Å². The Hall–Kier alpha value is -0.870.